The minimum absolute atomic E-state index is 0.0136. The summed E-state index contributed by atoms with van der Waals surface area (Å²) in [5.41, 5.74) is -0.212. The highest BCUT2D eigenvalue weighted by molar-refractivity contribution is 5.96. The van der Waals surface area contributed by atoms with Gasteiger partial charge in [0.1, 0.15) is 29.1 Å². The molecule has 0 atom stereocenters. The van der Waals surface area contributed by atoms with Gasteiger partial charge in [0.15, 0.2) is 0 Å². The highest BCUT2D eigenvalue weighted by Crippen LogP contribution is 2.15. The largest absolute Gasteiger partial charge is 0.422 e. The van der Waals surface area contributed by atoms with Gasteiger partial charge in [0.2, 0.25) is 0 Å². The van der Waals surface area contributed by atoms with Crippen LogP contribution in [0.25, 0.3) is 11.0 Å². The average Bonchev–Trinajstić information content (AvgIpc) is 2.77. The van der Waals surface area contributed by atoms with Crippen LogP contribution in [-0.4, -0.2) is 55.3 Å². The van der Waals surface area contributed by atoms with Crippen LogP contribution in [0.5, 0.6) is 0 Å². The van der Waals surface area contributed by atoms with Crippen LogP contribution in [0, 0.1) is 0 Å². The van der Waals surface area contributed by atoms with Crippen molar-refractivity contribution in [3.8, 4) is 0 Å². The van der Waals surface area contributed by atoms with Crippen molar-refractivity contribution >= 4 is 28.5 Å². The smallest absolute Gasteiger partial charge is 0.349 e. The van der Waals surface area contributed by atoms with Crippen molar-refractivity contribution in [2.75, 3.05) is 49.6 Å². The van der Waals surface area contributed by atoms with Gasteiger partial charge in [-0.1, -0.05) is 18.2 Å². The van der Waals surface area contributed by atoms with Gasteiger partial charge in [-0.2, -0.15) is 0 Å². The first-order valence-corrected chi connectivity index (χ1v) is 9.40. The Morgan fingerprint density at radius 1 is 1.10 bits per heavy atom. The molecule has 1 saturated heterocycles. The summed E-state index contributed by atoms with van der Waals surface area (Å²) in [6, 6.07) is 10.5. The number of nitrogens with zero attached hydrogens (tertiary/aromatic N) is 3. The first-order chi connectivity index (χ1) is 14.2. The van der Waals surface area contributed by atoms with Crippen molar-refractivity contribution in [1.29, 1.82) is 0 Å². The Labute approximate surface area is 166 Å². The van der Waals surface area contributed by atoms with E-state index in [-0.39, 0.29) is 5.56 Å². The quantitative estimate of drug-likeness (QED) is 0.474. The SMILES string of the molecule is O=C(NCCNc1cc(N2CCOCC2)ncn1)c1cc2ccccc2oc1=O. The highest BCUT2D eigenvalue weighted by Gasteiger charge is 2.14. The van der Waals surface area contributed by atoms with E-state index in [9.17, 15) is 9.59 Å². The zero-order valence-corrected chi connectivity index (χ0v) is 15.8. The van der Waals surface area contributed by atoms with Gasteiger partial charge < -0.3 is 24.7 Å². The van der Waals surface area contributed by atoms with Gasteiger partial charge in [-0.15, -0.1) is 0 Å². The van der Waals surface area contributed by atoms with Crippen LogP contribution in [0.15, 0.2) is 51.9 Å². The number of benzene rings is 1. The van der Waals surface area contributed by atoms with E-state index in [4.69, 9.17) is 9.15 Å². The van der Waals surface area contributed by atoms with Crippen molar-refractivity contribution in [1.82, 2.24) is 15.3 Å². The van der Waals surface area contributed by atoms with Gasteiger partial charge in [0.25, 0.3) is 5.91 Å². The number of carbonyl (C=O) groups excluding carboxylic acids is 1. The fraction of sp³-hybridized carbons (Fsp3) is 0.300. The lowest BCUT2D eigenvalue weighted by molar-refractivity contribution is 0.0951. The number of amides is 1. The number of carbonyl (C=O) groups is 1. The molecule has 2 N–H and O–H groups in total. The Morgan fingerprint density at radius 3 is 2.79 bits per heavy atom. The Hall–Kier alpha value is -3.46. The fourth-order valence-electron chi connectivity index (χ4n) is 3.09. The number of ether oxygens (including phenoxy) is 1. The predicted octanol–water partition coefficient (Wildman–Crippen LogP) is 1.26. The molecule has 0 bridgehead atoms. The van der Waals surface area contributed by atoms with Crippen molar-refractivity contribution in [3.05, 3.63) is 58.7 Å². The van der Waals surface area contributed by atoms with Crippen LogP contribution in [0.4, 0.5) is 11.6 Å². The molecule has 4 rings (SSSR count). The molecule has 1 amide bonds. The molecule has 0 saturated carbocycles. The molecule has 29 heavy (non-hydrogen) atoms. The van der Waals surface area contributed by atoms with Gasteiger partial charge in [0.05, 0.1) is 13.2 Å². The molecular weight excluding hydrogens is 374 g/mol. The van der Waals surface area contributed by atoms with Gasteiger partial charge >= 0.3 is 5.63 Å². The molecule has 2 aromatic heterocycles. The number of morpholine rings is 1. The van der Waals surface area contributed by atoms with E-state index in [1.54, 1.807) is 24.3 Å². The minimum atomic E-state index is -0.653. The normalized spacial score (nSPS) is 14.0. The topological polar surface area (TPSA) is 110 Å². The number of para-hydroxylation sites is 1. The number of hydrogen-bond donors (Lipinski definition) is 2. The summed E-state index contributed by atoms with van der Waals surface area (Å²) >= 11 is 0. The average molecular weight is 395 g/mol. The second-order valence-corrected chi connectivity index (χ2v) is 6.53. The zero-order valence-electron chi connectivity index (χ0n) is 15.8. The maximum absolute atomic E-state index is 12.3. The van der Waals surface area contributed by atoms with Gasteiger partial charge in [-0.3, -0.25) is 4.79 Å². The molecule has 1 aromatic carbocycles. The molecule has 1 fully saturated rings. The summed E-state index contributed by atoms with van der Waals surface area (Å²) in [4.78, 5) is 35.0. The predicted molar refractivity (Wildman–Crippen MR) is 108 cm³/mol. The minimum Gasteiger partial charge on any atom is -0.422 e. The van der Waals surface area contributed by atoms with E-state index in [2.05, 4.69) is 25.5 Å². The van der Waals surface area contributed by atoms with Crippen molar-refractivity contribution in [3.63, 3.8) is 0 Å². The molecule has 0 aliphatic carbocycles. The van der Waals surface area contributed by atoms with Gasteiger partial charge in [-0.25, -0.2) is 14.8 Å². The molecule has 3 heterocycles. The summed E-state index contributed by atoms with van der Waals surface area (Å²) in [6.45, 7) is 3.72. The summed E-state index contributed by atoms with van der Waals surface area (Å²) in [6.07, 6.45) is 1.51. The molecule has 0 spiro atoms. The van der Waals surface area contributed by atoms with Gasteiger partial charge in [-0.05, 0) is 12.1 Å². The number of nitrogens with one attached hydrogen (secondary N) is 2. The van der Waals surface area contributed by atoms with Crippen LogP contribution in [-0.2, 0) is 4.74 Å². The van der Waals surface area contributed by atoms with E-state index in [1.807, 2.05) is 12.1 Å². The van der Waals surface area contributed by atoms with Crippen molar-refractivity contribution < 1.29 is 13.9 Å². The molecule has 9 nitrogen and oxygen atoms in total. The molecule has 0 radical (unpaired) electrons. The molecule has 1 aliphatic rings. The Morgan fingerprint density at radius 2 is 1.93 bits per heavy atom. The maximum Gasteiger partial charge on any atom is 0.349 e. The number of hydrogen-bond acceptors (Lipinski definition) is 8. The zero-order chi connectivity index (χ0) is 20.1. The van der Waals surface area contributed by atoms with Crippen LogP contribution in [0.2, 0.25) is 0 Å². The number of rotatable bonds is 6. The lowest BCUT2D eigenvalue weighted by Crippen LogP contribution is -2.36. The number of anilines is 2. The van der Waals surface area contributed by atoms with Crippen molar-refractivity contribution in [2.45, 2.75) is 0 Å². The summed E-state index contributed by atoms with van der Waals surface area (Å²) < 4.78 is 10.5. The van der Waals surface area contributed by atoms with Gasteiger partial charge in [0, 0.05) is 37.6 Å². The third-order valence-corrected chi connectivity index (χ3v) is 4.59. The third-order valence-electron chi connectivity index (χ3n) is 4.59. The van der Waals surface area contributed by atoms with E-state index in [1.165, 1.54) is 6.33 Å². The van der Waals surface area contributed by atoms with E-state index in [0.717, 1.165) is 18.9 Å². The number of fused-ring (bicyclic) bond motifs is 1. The lowest BCUT2D eigenvalue weighted by atomic mass is 10.2. The summed E-state index contributed by atoms with van der Waals surface area (Å²) in [5, 5.41) is 6.57. The van der Waals surface area contributed by atoms with Crippen LogP contribution < -0.4 is 21.2 Å². The van der Waals surface area contributed by atoms with Crippen LogP contribution in [0.1, 0.15) is 10.4 Å². The second-order valence-electron chi connectivity index (χ2n) is 6.53. The van der Waals surface area contributed by atoms with E-state index < -0.39 is 11.5 Å². The highest BCUT2D eigenvalue weighted by atomic mass is 16.5. The molecule has 3 aromatic rings. The lowest BCUT2D eigenvalue weighted by Gasteiger charge is -2.27. The first kappa shape index (κ1) is 18.9. The van der Waals surface area contributed by atoms with Crippen molar-refractivity contribution in [2.24, 2.45) is 0 Å². The van der Waals surface area contributed by atoms with Crippen LogP contribution >= 0.6 is 0 Å². The maximum atomic E-state index is 12.3. The number of aromatic nitrogens is 2. The molecule has 0 unspecified atom stereocenters. The van der Waals surface area contributed by atoms with E-state index in [0.29, 0.717) is 43.1 Å². The Balaban J connectivity index is 1.32. The monoisotopic (exact) mass is 395 g/mol. The summed E-state index contributed by atoms with van der Waals surface area (Å²) in [7, 11) is 0. The van der Waals surface area contributed by atoms with E-state index >= 15 is 0 Å². The first-order valence-electron chi connectivity index (χ1n) is 9.40. The molecule has 150 valence electrons. The Kier molecular flexibility index (Phi) is 5.66. The summed E-state index contributed by atoms with van der Waals surface area (Å²) in [5.74, 6) is 1.03. The van der Waals surface area contributed by atoms with Crippen LogP contribution in [0.3, 0.4) is 0 Å². The third kappa shape index (κ3) is 4.52. The molecule has 9 heteroatoms. The second kappa shape index (κ2) is 8.70. The molecular formula is C20H21N5O4. The standard InChI is InChI=1S/C20H21N5O4/c26-19(15-11-14-3-1-2-4-16(14)29-20(15)27)22-6-5-21-17-12-18(24-13-23-17)25-7-9-28-10-8-25/h1-4,11-13H,5-10H2,(H,22,26)(H,21,23,24). The fourth-order valence-corrected chi connectivity index (χ4v) is 3.09. The Bertz CT molecular complexity index is 1060. The molecule has 1 aliphatic heterocycles.